The Bertz CT molecular complexity index is 383. The van der Waals surface area contributed by atoms with Gasteiger partial charge in [0.25, 0.3) is 6.43 Å². The maximum Gasteiger partial charge on any atom is 0.338 e. The average molecular weight is 230 g/mol. The molecule has 0 atom stereocenters. The van der Waals surface area contributed by atoms with Crippen LogP contribution in [0.1, 0.15) is 35.0 Å². The van der Waals surface area contributed by atoms with E-state index >= 15 is 0 Å². The van der Waals surface area contributed by atoms with Gasteiger partial charge in [0, 0.05) is 12.7 Å². The fourth-order valence-corrected chi connectivity index (χ4v) is 1.31. The minimum absolute atomic E-state index is 0.0144. The fourth-order valence-electron chi connectivity index (χ4n) is 1.31. The molecule has 6 heteroatoms. The van der Waals surface area contributed by atoms with Crippen molar-refractivity contribution in [3.63, 3.8) is 0 Å². The van der Waals surface area contributed by atoms with Gasteiger partial charge in [0.15, 0.2) is 0 Å². The lowest BCUT2D eigenvalue weighted by Gasteiger charge is -2.11. The fraction of sp³-hybridized carbons (Fsp3) is 0.400. The predicted octanol–water partition coefficient (Wildman–Crippen LogP) is 1.65. The largest absolute Gasteiger partial charge is 0.462 e. The van der Waals surface area contributed by atoms with Crippen LogP contribution in [0.5, 0.6) is 0 Å². The Labute approximate surface area is 91.4 Å². The van der Waals surface area contributed by atoms with Crippen LogP contribution in [0.3, 0.4) is 0 Å². The molecule has 0 aromatic carbocycles. The van der Waals surface area contributed by atoms with E-state index in [0.717, 1.165) is 0 Å². The third-order valence-corrected chi connectivity index (χ3v) is 1.98. The van der Waals surface area contributed by atoms with Crippen molar-refractivity contribution in [3.8, 4) is 0 Å². The molecule has 0 unspecified atom stereocenters. The number of nitrogens with two attached hydrogens (primary N) is 1. The first kappa shape index (κ1) is 12.5. The summed E-state index contributed by atoms with van der Waals surface area (Å²) in [4.78, 5) is 15.1. The smallest absolute Gasteiger partial charge is 0.338 e. The molecule has 1 heterocycles. The molecule has 0 bridgehead atoms. The van der Waals surface area contributed by atoms with Gasteiger partial charge >= 0.3 is 5.97 Å². The molecule has 1 aromatic heterocycles. The van der Waals surface area contributed by atoms with Crippen LogP contribution in [0.15, 0.2) is 12.3 Å². The summed E-state index contributed by atoms with van der Waals surface area (Å²) in [5.74, 6) is -0.782. The summed E-state index contributed by atoms with van der Waals surface area (Å²) in [7, 11) is 0. The summed E-state index contributed by atoms with van der Waals surface area (Å²) >= 11 is 0. The Morgan fingerprint density at radius 2 is 2.31 bits per heavy atom. The Hall–Kier alpha value is -1.56. The van der Waals surface area contributed by atoms with Gasteiger partial charge in [0.05, 0.1) is 23.4 Å². The lowest BCUT2D eigenvalue weighted by molar-refractivity contribution is 0.0514. The van der Waals surface area contributed by atoms with Gasteiger partial charge in [0.1, 0.15) is 0 Å². The highest BCUT2D eigenvalue weighted by atomic mass is 19.3. The van der Waals surface area contributed by atoms with E-state index in [2.05, 4.69) is 9.72 Å². The molecule has 0 saturated carbocycles. The van der Waals surface area contributed by atoms with Crippen molar-refractivity contribution in [1.29, 1.82) is 0 Å². The number of rotatable bonds is 4. The molecule has 1 rings (SSSR count). The van der Waals surface area contributed by atoms with E-state index in [1.807, 2.05) is 0 Å². The molecule has 0 fully saturated rings. The molecule has 0 aliphatic heterocycles. The third-order valence-electron chi connectivity index (χ3n) is 1.98. The van der Waals surface area contributed by atoms with E-state index < -0.39 is 18.0 Å². The highest BCUT2D eigenvalue weighted by Crippen LogP contribution is 2.25. The Balaban J connectivity index is 3.22. The van der Waals surface area contributed by atoms with Gasteiger partial charge in [-0.05, 0) is 13.0 Å². The van der Waals surface area contributed by atoms with E-state index in [1.165, 1.54) is 12.3 Å². The van der Waals surface area contributed by atoms with Crippen molar-refractivity contribution in [1.82, 2.24) is 4.98 Å². The zero-order chi connectivity index (χ0) is 12.1. The number of ether oxygens (including phenoxy) is 1. The molecule has 4 nitrogen and oxygen atoms in total. The van der Waals surface area contributed by atoms with Crippen LogP contribution in [0.25, 0.3) is 0 Å². The summed E-state index contributed by atoms with van der Waals surface area (Å²) in [6.45, 7) is 1.58. The van der Waals surface area contributed by atoms with E-state index in [9.17, 15) is 13.6 Å². The van der Waals surface area contributed by atoms with Crippen molar-refractivity contribution in [2.75, 3.05) is 6.61 Å². The second kappa shape index (κ2) is 5.50. The monoisotopic (exact) mass is 230 g/mol. The summed E-state index contributed by atoms with van der Waals surface area (Å²) < 4.78 is 30.2. The topological polar surface area (TPSA) is 65.2 Å². The third kappa shape index (κ3) is 2.52. The first-order valence-electron chi connectivity index (χ1n) is 4.74. The van der Waals surface area contributed by atoms with Crippen molar-refractivity contribution < 1.29 is 18.3 Å². The van der Waals surface area contributed by atoms with Gasteiger partial charge in [-0.2, -0.15) is 0 Å². The van der Waals surface area contributed by atoms with Gasteiger partial charge < -0.3 is 10.5 Å². The van der Waals surface area contributed by atoms with Crippen LogP contribution in [0.4, 0.5) is 8.78 Å². The average Bonchev–Trinajstić information content (AvgIpc) is 2.28. The lowest BCUT2D eigenvalue weighted by Crippen LogP contribution is -2.13. The minimum atomic E-state index is -2.80. The number of alkyl halides is 2. The number of hydrogen-bond acceptors (Lipinski definition) is 4. The maximum atomic E-state index is 12.8. The van der Waals surface area contributed by atoms with Gasteiger partial charge in [-0.25, -0.2) is 13.6 Å². The van der Waals surface area contributed by atoms with Crippen molar-refractivity contribution in [2.45, 2.75) is 19.9 Å². The summed E-state index contributed by atoms with van der Waals surface area (Å²) in [5, 5.41) is 0. The highest BCUT2D eigenvalue weighted by molar-refractivity contribution is 5.91. The second-order valence-corrected chi connectivity index (χ2v) is 2.94. The van der Waals surface area contributed by atoms with Crippen LogP contribution in [0, 0.1) is 0 Å². The van der Waals surface area contributed by atoms with Crippen LogP contribution in [-0.4, -0.2) is 17.6 Å². The molecule has 2 N–H and O–H groups in total. The Kier molecular flexibility index (Phi) is 4.30. The number of aromatic nitrogens is 1. The van der Waals surface area contributed by atoms with E-state index in [0.29, 0.717) is 0 Å². The van der Waals surface area contributed by atoms with Crippen LogP contribution in [0.2, 0.25) is 0 Å². The second-order valence-electron chi connectivity index (χ2n) is 2.94. The number of hydrogen-bond donors (Lipinski definition) is 1. The summed E-state index contributed by atoms with van der Waals surface area (Å²) in [5.41, 5.74) is 4.68. The molecule has 0 amide bonds. The first-order chi connectivity index (χ1) is 7.61. The summed E-state index contributed by atoms with van der Waals surface area (Å²) in [6.07, 6.45) is -1.54. The zero-order valence-electron chi connectivity index (χ0n) is 8.74. The molecule has 0 spiro atoms. The zero-order valence-corrected chi connectivity index (χ0v) is 8.74. The minimum Gasteiger partial charge on any atom is -0.462 e. The number of esters is 1. The molecule has 1 aromatic rings. The molecule has 0 saturated heterocycles. The number of pyridine rings is 1. The standard InChI is InChI=1S/C10H12F2N2O2/c1-2-16-10(15)6-3-4-14-7(5-13)8(6)9(11)12/h3-4,9H,2,5,13H2,1H3. The molecule has 0 aliphatic carbocycles. The quantitative estimate of drug-likeness (QED) is 0.799. The number of halogens is 2. The summed E-state index contributed by atoms with van der Waals surface area (Å²) in [6, 6.07) is 1.21. The van der Waals surface area contributed by atoms with E-state index in [1.54, 1.807) is 6.92 Å². The Morgan fingerprint density at radius 3 is 2.81 bits per heavy atom. The van der Waals surface area contributed by atoms with Crippen LogP contribution >= 0.6 is 0 Å². The van der Waals surface area contributed by atoms with E-state index in [4.69, 9.17) is 5.73 Å². The van der Waals surface area contributed by atoms with Crippen molar-refractivity contribution in [3.05, 3.63) is 29.1 Å². The highest BCUT2D eigenvalue weighted by Gasteiger charge is 2.23. The maximum absolute atomic E-state index is 12.8. The van der Waals surface area contributed by atoms with E-state index in [-0.39, 0.29) is 24.4 Å². The molecular weight excluding hydrogens is 218 g/mol. The van der Waals surface area contributed by atoms with Crippen molar-refractivity contribution in [2.24, 2.45) is 5.73 Å². The van der Waals surface area contributed by atoms with Gasteiger partial charge in [-0.1, -0.05) is 0 Å². The van der Waals surface area contributed by atoms with Crippen LogP contribution < -0.4 is 5.73 Å². The van der Waals surface area contributed by atoms with Crippen LogP contribution in [-0.2, 0) is 11.3 Å². The van der Waals surface area contributed by atoms with Gasteiger partial charge in [-0.3, -0.25) is 4.98 Å². The first-order valence-corrected chi connectivity index (χ1v) is 4.74. The lowest BCUT2D eigenvalue weighted by atomic mass is 10.1. The Morgan fingerprint density at radius 1 is 1.62 bits per heavy atom. The number of carbonyl (C=O) groups is 1. The van der Waals surface area contributed by atoms with Crippen molar-refractivity contribution >= 4 is 5.97 Å². The van der Waals surface area contributed by atoms with Gasteiger partial charge in [0.2, 0.25) is 0 Å². The molecule has 0 aliphatic rings. The molecular formula is C10H12F2N2O2. The molecule has 16 heavy (non-hydrogen) atoms. The SMILES string of the molecule is CCOC(=O)c1ccnc(CN)c1C(F)F. The predicted molar refractivity (Wildman–Crippen MR) is 53.0 cm³/mol. The number of carbonyl (C=O) groups excluding carboxylic acids is 1. The normalized spacial score (nSPS) is 10.6. The molecule has 88 valence electrons. The number of nitrogens with zero attached hydrogens (tertiary/aromatic N) is 1. The van der Waals surface area contributed by atoms with Gasteiger partial charge in [-0.15, -0.1) is 0 Å². The molecule has 0 radical (unpaired) electrons.